The van der Waals surface area contributed by atoms with Crippen LogP contribution in [0.2, 0.25) is 0 Å². The van der Waals surface area contributed by atoms with E-state index < -0.39 is 51.3 Å². The van der Waals surface area contributed by atoms with Crippen molar-refractivity contribution in [3.8, 4) is 0 Å². The summed E-state index contributed by atoms with van der Waals surface area (Å²) < 4.78 is 12.6. The Morgan fingerprint density at radius 1 is 0.625 bits per heavy atom. The smallest absolute Gasteiger partial charge is 0.321 e. The lowest BCUT2D eigenvalue weighted by atomic mass is 10.3. The van der Waals surface area contributed by atoms with Crippen LogP contribution in [0.15, 0.2) is 13.9 Å². The Kier molecular flexibility index (Phi) is 5.49. The second-order valence-corrected chi connectivity index (χ2v) is 5.67. The SMILES string of the molecule is Cc1c(C(=O)NNC(=O)c2no[n+]([O-])c2C(=O)NNC(=O)c2no[n+]([O-])c2C)no[n+]1[O-]. The zero-order valence-corrected chi connectivity index (χ0v) is 15.8. The zero-order chi connectivity index (χ0) is 23.6. The van der Waals surface area contributed by atoms with Crippen molar-refractivity contribution in [1.82, 2.24) is 37.2 Å². The van der Waals surface area contributed by atoms with Gasteiger partial charge in [0.15, 0.2) is 0 Å². The Balaban J connectivity index is 1.65. The topological polar surface area (TPSA) is 275 Å². The van der Waals surface area contributed by atoms with Crippen molar-refractivity contribution in [2.45, 2.75) is 13.8 Å². The van der Waals surface area contributed by atoms with E-state index in [1.54, 1.807) is 5.43 Å². The van der Waals surface area contributed by atoms with Gasteiger partial charge in [-0.2, -0.15) is 0 Å². The molecule has 0 bridgehead atoms. The van der Waals surface area contributed by atoms with E-state index in [-0.39, 0.29) is 21.2 Å². The first-order valence-corrected chi connectivity index (χ1v) is 8.05. The molecule has 0 spiro atoms. The van der Waals surface area contributed by atoms with E-state index in [4.69, 9.17) is 0 Å². The van der Waals surface area contributed by atoms with Crippen molar-refractivity contribution >= 4 is 23.6 Å². The molecule has 0 fully saturated rings. The molecular weight excluding hydrogens is 444 g/mol. The van der Waals surface area contributed by atoms with Gasteiger partial charge in [-0.25, -0.2) is 0 Å². The molecule has 32 heavy (non-hydrogen) atoms. The molecule has 3 heterocycles. The van der Waals surface area contributed by atoms with E-state index in [1.165, 1.54) is 13.8 Å². The summed E-state index contributed by atoms with van der Waals surface area (Å²) in [5.41, 5.74) is 4.00. The Morgan fingerprint density at radius 3 is 1.38 bits per heavy atom. The first-order valence-electron chi connectivity index (χ1n) is 8.05. The largest absolute Gasteiger partial charge is 0.359 e. The molecule has 0 saturated heterocycles. The predicted octanol–water partition coefficient (Wildman–Crippen LogP) is -4.68. The van der Waals surface area contributed by atoms with Crippen LogP contribution in [-0.2, 0) is 0 Å². The van der Waals surface area contributed by atoms with Crippen LogP contribution in [0.25, 0.3) is 0 Å². The standard InChI is InChI=1S/C12H10N10O10/c1-3-5(17-30-20(3)27)9(23)13-15-11(25)7-8(22(29)32-19-7)12(26)16-14-10(24)6-4(2)21(28)31-18-6/h1-2H3,(H,13,23)(H,14,24)(H,15,25)(H,16,26). The lowest BCUT2D eigenvalue weighted by Gasteiger charge is -2.04. The van der Waals surface area contributed by atoms with Crippen LogP contribution in [0.5, 0.6) is 0 Å². The molecule has 20 heteroatoms. The summed E-state index contributed by atoms with van der Waals surface area (Å²) in [6.07, 6.45) is 0. The Labute approximate surface area is 173 Å². The minimum atomic E-state index is -1.36. The number of hydrazine groups is 2. The fraction of sp³-hybridized carbons (Fsp3) is 0.167. The third-order valence-corrected chi connectivity index (χ3v) is 3.70. The minimum absolute atomic E-state index is 0.0530. The van der Waals surface area contributed by atoms with Gasteiger partial charge in [-0.1, -0.05) is 0 Å². The van der Waals surface area contributed by atoms with Gasteiger partial charge in [0.2, 0.25) is 11.4 Å². The Bertz CT molecular complexity index is 1230. The summed E-state index contributed by atoms with van der Waals surface area (Å²) in [5, 5.41) is 43.3. The molecule has 0 aliphatic carbocycles. The quantitative estimate of drug-likeness (QED) is 0.213. The van der Waals surface area contributed by atoms with Crippen LogP contribution >= 0.6 is 0 Å². The normalized spacial score (nSPS) is 10.4. The lowest BCUT2D eigenvalue weighted by molar-refractivity contribution is -0.807. The molecular formula is C12H10N10O10. The Morgan fingerprint density at radius 2 is 0.969 bits per heavy atom. The lowest BCUT2D eigenvalue weighted by Crippen LogP contribution is -2.48. The van der Waals surface area contributed by atoms with Gasteiger partial charge in [0.25, 0.3) is 5.69 Å². The number of amides is 4. The average molecular weight is 454 g/mol. The number of aromatic nitrogens is 6. The van der Waals surface area contributed by atoms with Crippen molar-refractivity contribution in [2.75, 3.05) is 0 Å². The summed E-state index contributed by atoms with van der Waals surface area (Å²) in [6, 6.07) is 0. The highest BCUT2D eigenvalue weighted by Crippen LogP contribution is 2.02. The van der Waals surface area contributed by atoms with E-state index in [9.17, 15) is 34.8 Å². The number of hydrogen-bond acceptors (Lipinski definition) is 13. The summed E-state index contributed by atoms with van der Waals surface area (Å²) in [4.78, 5) is 47.6. The molecule has 0 radical (unpaired) electrons. The third kappa shape index (κ3) is 3.89. The van der Waals surface area contributed by atoms with Crippen LogP contribution in [-0.4, -0.2) is 39.1 Å². The molecule has 20 nitrogen and oxygen atoms in total. The van der Waals surface area contributed by atoms with Crippen LogP contribution in [0.1, 0.15) is 53.3 Å². The number of rotatable bonds is 4. The van der Waals surface area contributed by atoms with Crippen LogP contribution in [0.3, 0.4) is 0 Å². The summed E-state index contributed by atoms with van der Waals surface area (Å²) in [5.74, 6) is -4.80. The third-order valence-electron chi connectivity index (χ3n) is 3.70. The van der Waals surface area contributed by atoms with E-state index in [0.717, 1.165) is 0 Å². The first-order chi connectivity index (χ1) is 15.1. The Hall–Kier alpha value is -5.30. The maximum atomic E-state index is 12.2. The van der Waals surface area contributed by atoms with Gasteiger partial charge in [0.1, 0.15) is 0 Å². The van der Waals surface area contributed by atoms with Crippen molar-refractivity contribution in [3.63, 3.8) is 0 Å². The van der Waals surface area contributed by atoms with Crippen molar-refractivity contribution in [1.29, 1.82) is 0 Å². The summed E-state index contributed by atoms with van der Waals surface area (Å²) in [6.45, 7) is 2.42. The van der Waals surface area contributed by atoms with Gasteiger partial charge < -0.3 is 15.6 Å². The van der Waals surface area contributed by atoms with E-state index in [1.807, 2.05) is 16.3 Å². The number of hydrogen-bond donors (Lipinski definition) is 4. The molecule has 0 aliphatic heterocycles. The van der Waals surface area contributed by atoms with E-state index in [2.05, 4.69) is 29.4 Å². The molecule has 0 aromatic carbocycles. The zero-order valence-electron chi connectivity index (χ0n) is 15.8. The molecule has 3 aromatic rings. The first kappa shape index (κ1) is 21.4. The van der Waals surface area contributed by atoms with Crippen molar-refractivity contribution in [2.24, 2.45) is 0 Å². The minimum Gasteiger partial charge on any atom is -0.359 e. The average Bonchev–Trinajstić information content (AvgIpc) is 3.42. The van der Waals surface area contributed by atoms with Crippen LogP contribution in [0, 0.1) is 29.5 Å². The maximum Gasteiger partial charge on any atom is 0.321 e. The highest BCUT2D eigenvalue weighted by atomic mass is 16.8. The molecule has 4 N–H and O–H groups in total. The second kappa shape index (κ2) is 8.21. The highest BCUT2D eigenvalue weighted by Gasteiger charge is 2.34. The molecule has 3 aromatic heterocycles. The number of carbonyl (C=O) groups excluding carboxylic acids is 4. The molecule has 4 amide bonds. The molecule has 168 valence electrons. The van der Waals surface area contributed by atoms with Crippen LogP contribution < -0.4 is 36.4 Å². The summed E-state index contributed by atoms with van der Waals surface area (Å²) >= 11 is 0. The van der Waals surface area contributed by atoms with Gasteiger partial charge in [0.05, 0.1) is 15.5 Å². The van der Waals surface area contributed by atoms with Gasteiger partial charge in [-0.3, -0.25) is 54.8 Å². The fourth-order valence-electron chi connectivity index (χ4n) is 2.05. The van der Waals surface area contributed by atoms with Crippen molar-refractivity contribution < 1.29 is 47.8 Å². The molecule has 0 saturated carbocycles. The maximum absolute atomic E-state index is 12.2. The number of nitrogens with zero attached hydrogens (tertiary/aromatic N) is 6. The van der Waals surface area contributed by atoms with Crippen LogP contribution in [0.4, 0.5) is 0 Å². The molecule has 0 aliphatic rings. The van der Waals surface area contributed by atoms with Gasteiger partial charge in [-0.05, 0) is 14.7 Å². The van der Waals surface area contributed by atoms with Gasteiger partial charge in [-0.15, -0.1) is 0 Å². The molecule has 0 unspecified atom stereocenters. The highest BCUT2D eigenvalue weighted by molar-refractivity contribution is 6.05. The van der Waals surface area contributed by atoms with E-state index >= 15 is 0 Å². The molecule has 3 rings (SSSR count). The van der Waals surface area contributed by atoms with E-state index in [0.29, 0.717) is 0 Å². The predicted molar refractivity (Wildman–Crippen MR) is 85.7 cm³/mol. The van der Waals surface area contributed by atoms with Gasteiger partial charge in [0, 0.05) is 13.8 Å². The monoisotopic (exact) mass is 454 g/mol. The molecule has 0 atom stereocenters. The second-order valence-electron chi connectivity index (χ2n) is 5.67. The van der Waals surface area contributed by atoms with Gasteiger partial charge >= 0.3 is 40.7 Å². The fourth-order valence-corrected chi connectivity index (χ4v) is 2.05. The van der Waals surface area contributed by atoms with Crippen molar-refractivity contribution in [3.05, 3.63) is 49.8 Å². The number of nitrogens with one attached hydrogen (secondary N) is 4. The number of carbonyl (C=O) groups is 4. The summed E-state index contributed by atoms with van der Waals surface area (Å²) in [7, 11) is 0.